The number of fused-ring (bicyclic) bond motifs is 5. The third kappa shape index (κ3) is 3.42. The normalized spacial score (nSPS) is 48.8. The first-order valence-electron chi connectivity index (χ1n) is 12.6. The van der Waals surface area contributed by atoms with E-state index in [2.05, 4.69) is 46.8 Å². The molecule has 28 heavy (non-hydrogen) atoms. The zero-order chi connectivity index (χ0) is 20.1. The van der Waals surface area contributed by atoms with Gasteiger partial charge in [-0.3, -0.25) is 0 Å². The van der Waals surface area contributed by atoms with Crippen LogP contribution in [0.3, 0.4) is 0 Å². The fourth-order valence-electron chi connectivity index (χ4n) is 8.62. The number of hydrogen-bond donors (Lipinski definition) is 1. The standard InChI is InChI=1S/C27H46O/c1-18(2)7-6-8-19(3)23-11-12-24-22-10-9-20-17-21(28)13-15-26(20,4)25(22)14-16-27(23,24)5/h9-10,18-25,28H,6-8,11-17H2,1-5H3/t19?,20?,21?,22?,23?,24?,25?,26-,27+/m0/s1. The van der Waals surface area contributed by atoms with Crippen molar-refractivity contribution in [2.75, 3.05) is 0 Å². The molecule has 0 radical (unpaired) electrons. The minimum Gasteiger partial charge on any atom is -0.393 e. The Hall–Kier alpha value is -0.300. The second-order valence-electron chi connectivity index (χ2n) is 12.2. The van der Waals surface area contributed by atoms with Crippen LogP contribution in [0.1, 0.15) is 98.8 Å². The topological polar surface area (TPSA) is 20.2 Å². The van der Waals surface area contributed by atoms with Crippen molar-refractivity contribution in [2.45, 2.75) is 105 Å². The number of rotatable bonds is 5. The van der Waals surface area contributed by atoms with Gasteiger partial charge >= 0.3 is 0 Å². The summed E-state index contributed by atoms with van der Waals surface area (Å²) in [7, 11) is 0. The van der Waals surface area contributed by atoms with Crippen LogP contribution in [0.2, 0.25) is 0 Å². The molecule has 3 fully saturated rings. The summed E-state index contributed by atoms with van der Waals surface area (Å²) in [5.41, 5.74) is 1.01. The van der Waals surface area contributed by atoms with E-state index >= 15 is 0 Å². The highest BCUT2D eigenvalue weighted by Crippen LogP contribution is 2.67. The summed E-state index contributed by atoms with van der Waals surface area (Å²) in [6.07, 6.45) is 18.5. The molecular weight excluding hydrogens is 340 g/mol. The Kier molecular flexibility index (Phi) is 5.80. The molecule has 160 valence electrons. The van der Waals surface area contributed by atoms with Gasteiger partial charge in [0.1, 0.15) is 0 Å². The van der Waals surface area contributed by atoms with Gasteiger partial charge in [0.2, 0.25) is 0 Å². The van der Waals surface area contributed by atoms with Gasteiger partial charge in [0.05, 0.1) is 6.10 Å². The van der Waals surface area contributed by atoms with E-state index in [-0.39, 0.29) is 6.10 Å². The molecule has 7 unspecified atom stereocenters. The molecule has 0 bridgehead atoms. The van der Waals surface area contributed by atoms with Gasteiger partial charge < -0.3 is 5.11 Å². The van der Waals surface area contributed by atoms with E-state index in [9.17, 15) is 5.11 Å². The summed E-state index contributed by atoms with van der Waals surface area (Å²) in [6, 6.07) is 0. The Balaban J connectivity index is 1.49. The predicted molar refractivity (Wildman–Crippen MR) is 119 cm³/mol. The Morgan fingerprint density at radius 3 is 2.36 bits per heavy atom. The third-order valence-electron chi connectivity index (χ3n) is 10.3. The van der Waals surface area contributed by atoms with Crippen LogP contribution in [0.15, 0.2) is 12.2 Å². The fourth-order valence-corrected chi connectivity index (χ4v) is 8.62. The highest BCUT2D eigenvalue weighted by atomic mass is 16.3. The van der Waals surface area contributed by atoms with Gasteiger partial charge in [-0.05, 0) is 97.2 Å². The fraction of sp³-hybridized carbons (Fsp3) is 0.926. The molecule has 4 rings (SSSR count). The molecule has 0 amide bonds. The molecule has 1 heteroatoms. The van der Waals surface area contributed by atoms with Gasteiger partial charge in [-0.2, -0.15) is 0 Å². The summed E-state index contributed by atoms with van der Waals surface area (Å²) in [5, 5.41) is 10.2. The quantitative estimate of drug-likeness (QED) is 0.493. The van der Waals surface area contributed by atoms with Crippen molar-refractivity contribution >= 4 is 0 Å². The van der Waals surface area contributed by atoms with Crippen molar-refractivity contribution in [3.8, 4) is 0 Å². The van der Waals surface area contributed by atoms with Crippen LogP contribution in [-0.2, 0) is 0 Å². The SMILES string of the molecule is CC(C)CCCC(C)C1CCC2C3C=CC4CC(O)CC[C@]4(C)C3CC[C@]12C. The highest BCUT2D eigenvalue weighted by Gasteiger charge is 2.59. The maximum atomic E-state index is 10.2. The predicted octanol–water partition coefficient (Wildman–Crippen LogP) is 7.24. The Labute approximate surface area is 174 Å². The molecule has 0 aliphatic heterocycles. The molecule has 0 aromatic heterocycles. The van der Waals surface area contributed by atoms with Crippen molar-refractivity contribution in [3.63, 3.8) is 0 Å². The largest absolute Gasteiger partial charge is 0.393 e. The first-order valence-corrected chi connectivity index (χ1v) is 12.6. The molecule has 1 N–H and O–H groups in total. The van der Waals surface area contributed by atoms with E-state index < -0.39 is 0 Å². The van der Waals surface area contributed by atoms with E-state index in [1.54, 1.807) is 0 Å². The Morgan fingerprint density at radius 2 is 1.61 bits per heavy atom. The van der Waals surface area contributed by atoms with Gasteiger partial charge in [0.25, 0.3) is 0 Å². The summed E-state index contributed by atoms with van der Waals surface area (Å²) < 4.78 is 0. The molecule has 0 heterocycles. The lowest BCUT2D eigenvalue weighted by Gasteiger charge is -2.59. The molecule has 0 aromatic carbocycles. The zero-order valence-corrected chi connectivity index (χ0v) is 19.3. The van der Waals surface area contributed by atoms with Crippen LogP contribution in [-0.4, -0.2) is 11.2 Å². The molecule has 4 aliphatic rings. The molecule has 0 spiro atoms. The van der Waals surface area contributed by atoms with Crippen LogP contribution >= 0.6 is 0 Å². The van der Waals surface area contributed by atoms with Gasteiger partial charge in [0.15, 0.2) is 0 Å². The minimum absolute atomic E-state index is 0.0596. The number of aliphatic hydroxyl groups is 1. The van der Waals surface area contributed by atoms with Crippen LogP contribution in [0.4, 0.5) is 0 Å². The Bertz CT molecular complexity index is 579. The highest BCUT2D eigenvalue weighted by molar-refractivity contribution is 5.18. The first-order chi connectivity index (χ1) is 13.3. The second kappa shape index (κ2) is 7.75. The van der Waals surface area contributed by atoms with Gasteiger partial charge in [-0.25, -0.2) is 0 Å². The van der Waals surface area contributed by atoms with Gasteiger partial charge in [0, 0.05) is 0 Å². The van der Waals surface area contributed by atoms with Crippen LogP contribution in [0, 0.1) is 52.3 Å². The third-order valence-corrected chi connectivity index (χ3v) is 10.3. The smallest absolute Gasteiger partial charge is 0.0546 e. The van der Waals surface area contributed by atoms with E-state index in [4.69, 9.17) is 0 Å². The lowest BCUT2D eigenvalue weighted by Crippen LogP contribution is -2.52. The lowest BCUT2D eigenvalue weighted by molar-refractivity contribution is -0.0813. The summed E-state index contributed by atoms with van der Waals surface area (Å²) in [5.74, 6) is 5.89. The monoisotopic (exact) mass is 386 g/mol. The van der Waals surface area contributed by atoms with Crippen molar-refractivity contribution in [3.05, 3.63) is 12.2 Å². The molecule has 0 aromatic rings. The average molecular weight is 387 g/mol. The van der Waals surface area contributed by atoms with Crippen LogP contribution in [0.5, 0.6) is 0 Å². The molecular formula is C27H46O. The zero-order valence-electron chi connectivity index (χ0n) is 19.3. The molecule has 3 saturated carbocycles. The van der Waals surface area contributed by atoms with Crippen molar-refractivity contribution in [1.29, 1.82) is 0 Å². The van der Waals surface area contributed by atoms with Gasteiger partial charge in [-0.1, -0.05) is 66.0 Å². The van der Waals surface area contributed by atoms with E-state index in [0.717, 1.165) is 48.3 Å². The summed E-state index contributed by atoms with van der Waals surface area (Å²) >= 11 is 0. The van der Waals surface area contributed by atoms with E-state index in [1.807, 2.05) is 0 Å². The van der Waals surface area contributed by atoms with Crippen LogP contribution in [0.25, 0.3) is 0 Å². The van der Waals surface area contributed by atoms with E-state index in [0.29, 0.717) is 16.7 Å². The molecule has 0 saturated heterocycles. The maximum absolute atomic E-state index is 10.2. The van der Waals surface area contributed by atoms with Crippen molar-refractivity contribution in [2.24, 2.45) is 52.3 Å². The first kappa shape index (κ1) is 21.0. The molecule has 9 atom stereocenters. The van der Waals surface area contributed by atoms with Crippen LogP contribution < -0.4 is 0 Å². The van der Waals surface area contributed by atoms with Gasteiger partial charge in [-0.15, -0.1) is 0 Å². The summed E-state index contributed by atoms with van der Waals surface area (Å²) in [6.45, 7) is 12.6. The molecule has 4 aliphatic carbocycles. The lowest BCUT2D eigenvalue weighted by atomic mass is 9.46. The second-order valence-corrected chi connectivity index (χ2v) is 12.2. The number of allylic oxidation sites excluding steroid dienone is 2. The number of hydrogen-bond acceptors (Lipinski definition) is 1. The average Bonchev–Trinajstić information content (AvgIpc) is 2.99. The van der Waals surface area contributed by atoms with E-state index in [1.165, 1.54) is 51.4 Å². The molecule has 1 nitrogen and oxygen atoms in total. The minimum atomic E-state index is -0.0596. The maximum Gasteiger partial charge on any atom is 0.0546 e. The number of aliphatic hydroxyl groups excluding tert-OH is 1. The van der Waals surface area contributed by atoms with Crippen molar-refractivity contribution < 1.29 is 5.11 Å². The summed E-state index contributed by atoms with van der Waals surface area (Å²) in [4.78, 5) is 0. The van der Waals surface area contributed by atoms with Crippen molar-refractivity contribution in [1.82, 2.24) is 0 Å². The Morgan fingerprint density at radius 1 is 0.893 bits per heavy atom.